The van der Waals surface area contributed by atoms with E-state index in [1.165, 1.54) is 12.8 Å². The summed E-state index contributed by atoms with van der Waals surface area (Å²) in [4.78, 5) is 0. The van der Waals surface area contributed by atoms with Gasteiger partial charge >= 0.3 is 0 Å². The first-order valence-corrected chi connectivity index (χ1v) is 5.50. The van der Waals surface area contributed by atoms with Crippen molar-refractivity contribution in [3.63, 3.8) is 0 Å². The van der Waals surface area contributed by atoms with E-state index in [2.05, 4.69) is 20.8 Å². The molecule has 1 saturated carbocycles. The first-order chi connectivity index (χ1) is 6.10. The van der Waals surface area contributed by atoms with Gasteiger partial charge in [0.05, 0.1) is 5.60 Å². The Morgan fingerprint density at radius 1 is 1.46 bits per heavy atom. The topological polar surface area (TPSA) is 35.2 Å². The summed E-state index contributed by atoms with van der Waals surface area (Å²) in [5, 5.41) is 0. The Balaban J connectivity index is 2.58. The van der Waals surface area contributed by atoms with E-state index in [1.54, 1.807) is 0 Å². The third-order valence-corrected chi connectivity index (χ3v) is 3.38. The molecule has 2 heteroatoms. The molecule has 1 aliphatic carbocycles. The molecule has 2 N–H and O–H groups in total. The maximum absolute atomic E-state index is 6.01. The van der Waals surface area contributed by atoms with Gasteiger partial charge < -0.3 is 10.5 Å². The van der Waals surface area contributed by atoms with Gasteiger partial charge in [-0.15, -0.1) is 0 Å². The Labute approximate surface area is 81.8 Å². The highest BCUT2D eigenvalue weighted by Gasteiger charge is 2.37. The Hall–Kier alpha value is -0.0800. The van der Waals surface area contributed by atoms with Crippen molar-refractivity contribution in [2.75, 3.05) is 6.61 Å². The predicted molar refractivity (Wildman–Crippen MR) is 55.6 cm³/mol. The smallest absolute Gasteiger partial charge is 0.0829 e. The maximum atomic E-state index is 6.01. The fraction of sp³-hybridized carbons (Fsp3) is 1.00. The van der Waals surface area contributed by atoms with Gasteiger partial charge in [0.1, 0.15) is 0 Å². The van der Waals surface area contributed by atoms with Crippen LogP contribution in [0.25, 0.3) is 0 Å². The molecule has 1 rings (SSSR count). The summed E-state index contributed by atoms with van der Waals surface area (Å²) in [5.74, 6) is 0.854. The van der Waals surface area contributed by atoms with Crippen LogP contribution in [0.15, 0.2) is 0 Å². The Kier molecular flexibility index (Phi) is 3.74. The Morgan fingerprint density at radius 3 is 2.38 bits per heavy atom. The molecule has 0 aromatic rings. The second-order valence-electron chi connectivity index (χ2n) is 4.47. The second-order valence-corrected chi connectivity index (χ2v) is 4.47. The van der Waals surface area contributed by atoms with Crippen LogP contribution in [0.5, 0.6) is 0 Å². The molecule has 0 aromatic carbocycles. The molecule has 1 atom stereocenters. The van der Waals surface area contributed by atoms with Gasteiger partial charge in [0, 0.05) is 12.6 Å². The van der Waals surface area contributed by atoms with E-state index in [-0.39, 0.29) is 11.6 Å². The van der Waals surface area contributed by atoms with Gasteiger partial charge in [0.15, 0.2) is 0 Å². The SMILES string of the molecule is CCOC1([C@H](C)N)CCC(C)CC1. The maximum Gasteiger partial charge on any atom is 0.0829 e. The molecule has 0 bridgehead atoms. The van der Waals surface area contributed by atoms with Crippen molar-refractivity contribution in [3.05, 3.63) is 0 Å². The van der Waals surface area contributed by atoms with Crippen LogP contribution >= 0.6 is 0 Å². The van der Waals surface area contributed by atoms with Gasteiger partial charge in [-0.2, -0.15) is 0 Å². The van der Waals surface area contributed by atoms with Crippen molar-refractivity contribution in [3.8, 4) is 0 Å². The van der Waals surface area contributed by atoms with Gasteiger partial charge in [0.2, 0.25) is 0 Å². The summed E-state index contributed by atoms with van der Waals surface area (Å²) in [7, 11) is 0. The summed E-state index contributed by atoms with van der Waals surface area (Å²) < 4.78 is 5.86. The summed E-state index contributed by atoms with van der Waals surface area (Å²) in [6.07, 6.45) is 4.81. The molecule has 0 saturated heterocycles. The quantitative estimate of drug-likeness (QED) is 0.732. The molecule has 2 nitrogen and oxygen atoms in total. The Bertz CT molecular complexity index is 148. The minimum atomic E-state index is -0.0126. The highest BCUT2D eigenvalue weighted by molar-refractivity contribution is 4.92. The number of hydrogen-bond acceptors (Lipinski definition) is 2. The molecule has 13 heavy (non-hydrogen) atoms. The van der Waals surface area contributed by atoms with Crippen molar-refractivity contribution in [2.45, 2.75) is 58.1 Å². The standard InChI is InChI=1S/C11H23NO/c1-4-13-11(10(3)12)7-5-9(2)6-8-11/h9-10H,4-8,12H2,1-3H3/t9?,10-,11?/m0/s1. The van der Waals surface area contributed by atoms with Gasteiger partial charge in [-0.3, -0.25) is 0 Å². The molecule has 0 heterocycles. The van der Waals surface area contributed by atoms with Crippen LogP contribution in [0.4, 0.5) is 0 Å². The van der Waals surface area contributed by atoms with E-state index in [9.17, 15) is 0 Å². The average Bonchev–Trinajstić information content (AvgIpc) is 2.09. The largest absolute Gasteiger partial charge is 0.374 e. The summed E-state index contributed by atoms with van der Waals surface area (Å²) in [5.41, 5.74) is 6.00. The van der Waals surface area contributed by atoms with E-state index >= 15 is 0 Å². The summed E-state index contributed by atoms with van der Waals surface area (Å²) in [6.45, 7) is 7.24. The van der Waals surface area contributed by atoms with E-state index < -0.39 is 0 Å². The highest BCUT2D eigenvalue weighted by atomic mass is 16.5. The van der Waals surface area contributed by atoms with E-state index in [0.717, 1.165) is 25.4 Å². The zero-order chi connectivity index (χ0) is 9.90. The number of nitrogens with two attached hydrogens (primary N) is 1. The van der Waals surface area contributed by atoms with Crippen LogP contribution in [-0.2, 0) is 4.74 Å². The number of ether oxygens (including phenoxy) is 1. The van der Waals surface area contributed by atoms with Gasteiger partial charge in [-0.1, -0.05) is 6.92 Å². The monoisotopic (exact) mass is 185 g/mol. The van der Waals surface area contributed by atoms with E-state index in [4.69, 9.17) is 10.5 Å². The van der Waals surface area contributed by atoms with Crippen molar-refractivity contribution < 1.29 is 4.74 Å². The van der Waals surface area contributed by atoms with Gasteiger partial charge in [-0.25, -0.2) is 0 Å². The summed E-state index contributed by atoms with van der Waals surface area (Å²) in [6, 6.07) is 0.167. The molecule has 78 valence electrons. The minimum absolute atomic E-state index is 0.0126. The Morgan fingerprint density at radius 2 is 2.00 bits per heavy atom. The lowest BCUT2D eigenvalue weighted by Gasteiger charge is -2.42. The molecule has 0 aliphatic heterocycles. The first-order valence-electron chi connectivity index (χ1n) is 5.50. The van der Waals surface area contributed by atoms with Crippen molar-refractivity contribution in [2.24, 2.45) is 11.7 Å². The zero-order valence-corrected chi connectivity index (χ0v) is 9.18. The fourth-order valence-corrected chi connectivity index (χ4v) is 2.27. The van der Waals surface area contributed by atoms with Crippen LogP contribution in [0.2, 0.25) is 0 Å². The molecule has 0 spiro atoms. The third-order valence-electron chi connectivity index (χ3n) is 3.38. The highest BCUT2D eigenvalue weighted by Crippen LogP contribution is 2.36. The normalized spacial score (nSPS) is 37.4. The van der Waals surface area contributed by atoms with Crippen LogP contribution in [0, 0.1) is 5.92 Å². The summed E-state index contributed by atoms with van der Waals surface area (Å²) >= 11 is 0. The van der Waals surface area contributed by atoms with Crippen LogP contribution < -0.4 is 5.73 Å². The molecular weight excluding hydrogens is 162 g/mol. The third kappa shape index (κ3) is 2.44. The average molecular weight is 185 g/mol. The van der Waals surface area contributed by atoms with Gasteiger partial charge in [0.25, 0.3) is 0 Å². The molecule has 0 radical (unpaired) electrons. The van der Waals surface area contributed by atoms with Gasteiger partial charge in [-0.05, 0) is 45.4 Å². The van der Waals surface area contributed by atoms with Crippen molar-refractivity contribution in [1.82, 2.24) is 0 Å². The number of hydrogen-bond donors (Lipinski definition) is 1. The van der Waals surface area contributed by atoms with Crippen molar-refractivity contribution >= 4 is 0 Å². The number of rotatable bonds is 3. The molecule has 0 amide bonds. The molecular formula is C11H23NO. The zero-order valence-electron chi connectivity index (χ0n) is 9.18. The van der Waals surface area contributed by atoms with Crippen LogP contribution in [0.3, 0.4) is 0 Å². The lowest BCUT2D eigenvalue weighted by atomic mass is 9.76. The lowest BCUT2D eigenvalue weighted by Crippen LogP contribution is -2.50. The fourth-order valence-electron chi connectivity index (χ4n) is 2.27. The van der Waals surface area contributed by atoms with Crippen LogP contribution in [-0.4, -0.2) is 18.2 Å². The van der Waals surface area contributed by atoms with E-state index in [1.807, 2.05) is 0 Å². The lowest BCUT2D eigenvalue weighted by molar-refractivity contribution is -0.0849. The van der Waals surface area contributed by atoms with Crippen molar-refractivity contribution in [1.29, 1.82) is 0 Å². The molecule has 0 unspecified atom stereocenters. The molecule has 1 fully saturated rings. The first kappa shape index (κ1) is 11.0. The van der Waals surface area contributed by atoms with Crippen LogP contribution in [0.1, 0.15) is 46.5 Å². The molecule has 0 aromatic heterocycles. The molecule has 1 aliphatic rings. The van der Waals surface area contributed by atoms with E-state index in [0.29, 0.717) is 0 Å². The minimum Gasteiger partial charge on any atom is -0.374 e. The second kappa shape index (κ2) is 4.43. The predicted octanol–water partition coefficient (Wildman–Crippen LogP) is 2.32.